The smallest absolute Gasteiger partial charge is 0.319 e. The minimum absolute atomic E-state index is 0.231. The number of ether oxygens (including phenoxy) is 1. The van der Waals surface area contributed by atoms with Crippen LogP contribution < -0.4 is 15.4 Å². The van der Waals surface area contributed by atoms with Crippen LogP contribution in [0.15, 0.2) is 48.7 Å². The topological polar surface area (TPSA) is 68.5 Å². The summed E-state index contributed by atoms with van der Waals surface area (Å²) in [5, 5.41) is 1.80. The Hall–Kier alpha value is -3.15. The highest BCUT2D eigenvalue weighted by molar-refractivity contribution is 6.03. The van der Waals surface area contributed by atoms with Crippen molar-refractivity contribution in [2.75, 3.05) is 4.90 Å². The molecule has 1 aromatic heterocycles. The van der Waals surface area contributed by atoms with Gasteiger partial charge in [-0.15, -0.1) is 0 Å². The van der Waals surface area contributed by atoms with Crippen LogP contribution in [0.4, 0.5) is 14.9 Å². The van der Waals surface area contributed by atoms with Crippen LogP contribution in [0.5, 0.6) is 5.75 Å². The molecule has 0 saturated heterocycles. The van der Waals surface area contributed by atoms with Crippen molar-refractivity contribution in [1.29, 1.82) is 0 Å². The second kappa shape index (κ2) is 8.77. The Bertz CT molecular complexity index is 1140. The summed E-state index contributed by atoms with van der Waals surface area (Å²) >= 11 is 0. The number of nitrogens with two attached hydrogens (primary N) is 1. The van der Waals surface area contributed by atoms with Crippen LogP contribution in [0.3, 0.4) is 0 Å². The van der Waals surface area contributed by atoms with Gasteiger partial charge in [0.2, 0.25) is 0 Å². The van der Waals surface area contributed by atoms with E-state index in [4.69, 9.17) is 10.5 Å². The average molecular weight is 436 g/mol. The number of urea groups is 1. The maximum Gasteiger partial charge on any atom is 0.319 e. The van der Waals surface area contributed by atoms with Crippen LogP contribution in [0.2, 0.25) is 0 Å². The number of carbonyl (C=O) groups is 1. The molecule has 5 nitrogen and oxygen atoms in total. The van der Waals surface area contributed by atoms with Gasteiger partial charge in [-0.25, -0.2) is 9.18 Å². The van der Waals surface area contributed by atoms with Gasteiger partial charge in [0.1, 0.15) is 5.60 Å². The first-order valence-electron chi connectivity index (χ1n) is 11.3. The molecule has 1 aliphatic rings. The number of aromatic nitrogens is 1. The molecule has 2 aromatic carbocycles. The number of rotatable bonds is 6. The summed E-state index contributed by atoms with van der Waals surface area (Å²) in [6.07, 6.45) is 5.68. The molecule has 2 amide bonds. The van der Waals surface area contributed by atoms with Crippen molar-refractivity contribution >= 4 is 22.5 Å². The third kappa shape index (κ3) is 3.90. The maximum absolute atomic E-state index is 15.0. The highest BCUT2D eigenvalue weighted by Gasteiger charge is 2.44. The number of amides is 2. The van der Waals surface area contributed by atoms with Gasteiger partial charge in [0.25, 0.3) is 0 Å². The van der Waals surface area contributed by atoms with Crippen molar-refractivity contribution in [1.82, 2.24) is 4.98 Å². The van der Waals surface area contributed by atoms with Gasteiger partial charge in [-0.1, -0.05) is 51.0 Å². The first-order chi connectivity index (χ1) is 15.4. The van der Waals surface area contributed by atoms with Crippen LogP contribution in [0.1, 0.15) is 63.3 Å². The Balaban J connectivity index is 1.93. The number of fused-ring (bicyclic) bond motifs is 2. The zero-order valence-corrected chi connectivity index (χ0v) is 18.9. The summed E-state index contributed by atoms with van der Waals surface area (Å²) in [6.45, 7) is 6.11. The van der Waals surface area contributed by atoms with E-state index in [9.17, 15) is 9.18 Å². The summed E-state index contributed by atoms with van der Waals surface area (Å²) < 4.78 is 21.3. The molecule has 32 heavy (non-hydrogen) atoms. The van der Waals surface area contributed by atoms with E-state index in [1.165, 1.54) is 6.07 Å². The van der Waals surface area contributed by atoms with E-state index in [2.05, 4.69) is 18.8 Å². The highest BCUT2D eigenvalue weighted by Crippen LogP contribution is 2.49. The molecule has 0 aliphatic carbocycles. The number of carbonyl (C=O) groups excluding carboxylic acids is 1. The number of hydrogen-bond acceptors (Lipinski definition) is 3. The van der Waals surface area contributed by atoms with Crippen molar-refractivity contribution in [2.45, 2.75) is 64.5 Å². The predicted molar refractivity (Wildman–Crippen MR) is 125 cm³/mol. The number of halogens is 1. The third-order valence-corrected chi connectivity index (χ3v) is 6.34. The molecule has 1 atom stereocenters. The van der Waals surface area contributed by atoms with Crippen LogP contribution in [0, 0.1) is 12.7 Å². The molecular weight excluding hydrogens is 405 g/mol. The lowest BCUT2D eigenvalue weighted by atomic mass is 9.80. The Morgan fingerprint density at radius 2 is 1.94 bits per heavy atom. The van der Waals surface area contributed by atoms with Crippen molar-refractivity contribution in [3.8, 4) is 5.75 Å². The lowest BCUT2D eigenvalue weighted by molar-refractivity contribution is 0.0138. The van der Waals surface area contributed by atoms with Crippen molar-refractivity contribution in [2.24, 2.45) is 5.73 Å². The van der Waals surface area contributed by atoms with Gasteiger partial charge in [0.15, 0.2) is 11.6 Å². The number of benzene rings is 2. The fourth-order valence-corrected chi connectivity index (χ4v) is 5.10. The van der Waals surface area contributed by atoms with Crippen molar-refractivity contribution < 1.29 is 13.9 Å². The van der Waals surface area contributed by atoms with Crippen molar-refractivity contribution in [3.63, 3.8) is 0 Å². The summed E-state index contributed by atoms with van der Waals surface area (Å²) in [4.78, 5) is 18.9. The number of pyridine rings is 1. The third-order valence-electron chi connectivity index (χ3n) is 6.34. The Kier molecular flexibility index (Phi) is 6.04. The number of hydrogen-bond donors (Lipinski definition) is 1. The molecule has 3 aromatic rings. The van der Waals surface area contributed by atoms with Gasteiger partial charge in [-0.3, -0.25) is 9.88 Å². The minimum Gasteiger partial charge on any atom is -0.484 e. The molecule has 0 bridgehead atoms. The predicted octanol–water partition coefficient (Wildman–Crippen LogP) is 6.43. The molecular formula is C26H30FN3O2. The second-order valence-corrected chi connectivity index (χ2v) is 8.70. The summed E-state index contributed by atoms with van der Waals surface area (Å²) in [5.74, 6) is -0.179. The van der Waals surface area contributed by atoms with Gasteiger partial charge >= 0.3 is 6.03 Å². The van der Waals surface area contributed by atoms with E-state index in [-0.39, 0.29) is 5.75 Å². The molecule has 0 spiro atoms. The average Bonchev–Trinajstić information content (AvgIpc) is 2.75. The first kappa shape index (κ1) is 22.1. The van der Waals surface area contributed by atoms with Crippen LogP contribution in [0.25, 0.3) is 10.8 Å². The van der Waals surface area contributed by atoms with Crippen LogP contribution in [-0.2, 0) is 0 Å². The summed E-state index contributed by atoms with van der Waals surface area (Å²) in [6, 6.07) is 11.6. The monoisotopic (exact) mass is 435 g/mol. The second-order valence-electron chi connectivity index (χ2n) is 8.70. The van der Waals surface area contributed by atoms with E-state index >= 15 is 0 Å². The summed E-state index contributed by atoms with van der Waals surface area (Å²) in [5.41, 5.74) is 7.63. The molecule has 0 fully saturated rings. The molecule has 4 rings (SSSR count). The molecule has 2 N–H and O–H groups in total. The van der Waals surface area contributed by atoms with Gasteiger partial charge in [0.05, 0.1) is 11.7 Å². The lowest BCUT2D eigenvalue weighted by Gasteiger charge is -2.45. The normalized spacial score (nSPS) is 16.9. The Labute approximate surface area is 188 Å². The van der Waals surface area contributed by atoms with Gasteiger partial charge < -0.3 is 10.5 Å². The maximum atomic E-state index is 15.0. The molecule has 0 unspecified atom stereocenters. The standard InChI is InChI=1S/C26H30FN3O2/c1-4-12-26(13-5-2)15-23(19-9-7-10-21(27)24(19)32-26)30(25(28)31)22-11-6-8-18-16-29-17(3)14-20(18)22/h6-11,14,16,23H,4-5,12-13,15H2,1-3H3,(H2,28,31)/t23-/m1/s1. The zero-order chi connectivity index (χ0) is 22.9. The van der Waals surface area contributed by atoms with Gasteiger partial charge in [-0.05, 0) is 38.0 Å². The van der Waals surface area contributed by atoms with E-state index in [0.29, 0.717) is 17.7 Å². The molecule has 0 radical (unpaired) electrons. The molecule has 0 saturated carbocycles. The zero-order valence-electron chi connectivity index (χ0n) is 18.9. The molecule has 1 aliphatic heterocycles. The number of aryl methyl sites for hydroxylation is 1. The van der Waals surface area contributed by atoms with E-state index in [0.717, 1.165) is 42.1 Å². The van der Waals surface area contributed by atoms with Gasteiger partial charge in [0, 0.05) is 34.6 Å². The van der Waals surface area contributed by atoms with Crippen LogP contribution >= 0.6 is 0 Å². The van der Waals surface area contributed by atoms with Gasteiger partial charge in [-0.2, -0.15) is 0 Å². The summed E-state index contributed by atoms with van der Waals surface area (Å²) in [7, 11) is 0. The molecule has 2 heterocycles. The SMILES string of the molecule is CCCC1(CCC)C[C@@H](N(C(N)=O)c2cccc3cnc(C)cc23)c2cccc(F)c2O1. The molecule has 6 heteroatoms. The Morgan fingerprint density at radius 1 is 1.22 bits per heavy atom. The number of nitrogens with zero attached hydrogens (tertiary/aromatic N) is 2. The minimum atomic E-state index is -0.573. The Morgan fingerprint density at radius 3 is 2.62 bits per heavy atom. The largest absolute Gasteiger partial charge is 0.484 e. The van der Waals surface area contributed by atoms with E-state index < -0.39 is 23.5 Å². The number of para-hydroxylation sites is 1. The number of primary amides is 1. The quantitative estimate of drug-likeness (QED) is 0.485. The fraction of sp³-hybridized carbons (Fsp3) is 0.385. The highest BCUT2D eigenvalue weighted by atomic mass is 19.1. The fourth-order valence-electron chi connectivity index (χ4n) is 5.10. The number of anilines is 1. The first-order valence-corrected chi connectivity index (χ1v) is 11.3. The lowest BCUT2D eigenvalue weighted by Crippen LogP contribution is -2.48. The van der Waals surface area contributed by atoms with Crippen LogP contribution in [-0.4, -0.2) is 16.6 Å². The van der Waals surface area contributed by atoms with E-state index in [1.807, 2.05) is 37.3 Å². The van der Waals surface area contributed by atoms with E-state index in [1.54, 1.807) is 17.2 Å². The van der Waals surface area contributed by atoms with Crippen molar-refractivity contribution in [3.05, 3.63) is 65.7 Å². The molecule has 168 valence electrons.